The largest absolute Gasteiger partial charge is 0.497 e. The maximum absolute atomic E-state index is 12.3. The molecule has 2 aromatic rings. The predicted octanol–water partition coefficient (Wildman–Crippen LogP) is 4.78. The van der Waals surface area contributed by atoms with Crippen molar-refractivity contribution in [1.29, 1.82) is 5.26 Å². The smallest absolute Gasteiger partial charge is 0.410 e. The minimum Gasteiger partial charge on any atom is -0.497 e. The molecule has 1 amide bonds. The number of nitrogens with zero attached hydrogens (tertiary/aromatic N) is 3. The zero-order valence-corrected chi connectivity index (χ0v) is 18.7. The number of benzene rings is 2. The Morgan fingerprint density at radius 3 is 2.47 bits per heavy atom. The Balaban J connectivity index is 1.76. The summed E-state index contributed by atoms with van der Waals surface area (Å²) in [5.41, 5.74) is 1.18. The number of methoxy groups -OCH3 is 1. The fourth-order valence-corrected chi connectivity index (χ4v) is 4.24. The fourth-order valence-electron chi connectivity index (χ4n) is 3.17. The molecule has 7 heteroatoms. The monoisotopic (exact) mass is 425 g/mol. The number of carbonyl (C=O) groups is 1. The third kappa shape index (κ3) is 5.61. The summed E-state index contributed by atoms with van der Waals surface area (Å²) in [6.07, 6.45) is -0.270. The Kier molecular flexibility index (Phi) is 6.78. The van der Waals surface area contributed by atoms with Gasteiger partial charge in [-0.2, -0.15) is 5.26 Å². The third-order valence-corrected chi connectivity index (χ3v) is 5.67. The van der Waals surface area contributed by atoms with Crippen molar-refractivity contribution in [3.63, 3.8) is 0 Å². The number of hydrogen-bond donors (Lipinski definition) is 0. The summed E-state index contributed by atoms with van der Waals surface area (Å²) in [6.45, 7) is 8.23. The van der Waals surface area contributed by atoms with E-state index >= 15 is 0 Å². The highest BCUT2D eigenvalue weighted by molar-refractivity contribution is 7.99. The second-order valence-electron chi connectivity index (χ2n) is 8.03. The molecule has 0 bridgehead atoms. The van der Waals surface area contributed by atoms with Crippen LogP contribution in [-0.4, -0.2) is 49.9 Å². The first-order chi connectivity index (χ1) is 14.3. The van der Waals surface area contributed by atoms with Crippen LogP contribution in [0.5, 0.6) is 5.75 Å². The van der Waals surface area contributed by atoms with Gasteiger partial charge in [0.15, 0.2) is 0 Å². The van der Waals surface area contributed by atoms with Gasteiger partial charge in [0.05, 0.1) is 24.4 Å². The fraction of sp³-hybridized carbons (Fsp3) is 0.391. The first kappa shape index (κ1) is 21.8. The van der Waals surface area contributed by atoms with Crippen LogP contribution < -0.4 is 9.64 Å². The van der Waals surface area contributed by atoms with Crippen molar-refractivity contribution in [3.8, 4) is 11.8 Å². The Morgan fingerprint density at radius 2 is 1.83 bits per heavy atom. The van der Waals surface area contributed by atoms with Crippen molar-refractivity contribution in [2.45, 2.75) is 36.2 Å². The van der Waals surface area contributed by atoms with Gasteiger partial charge in [0, 0.05) is 36.0 Å². The zero-order valence-electron chi connectivity index (χ0n) is 17.8. The van der Waals surface area contributed by atoms with E-state index in [1.54, 1.807) is 23.8 Å². The van der Waals surface area contributed by atoms with Crippen LogP contribution in [0.4, 0.5) is 10.5 Å². The zero-order chi connectivity index (χ0) is 21.7. The summed E-state index contributed by atoms with van der Waals surface area (Å²) < 4.78 is 10.8. The molecule has 0 atom stereocenters. The molecule has 2 aromatic carbocycles. The number of piperazine rings is 1. The number of carbonyl (C=O) groups excluding carboxylic acids is 1. The number of ether oxygens (including phenoxy) is 2. The van der Waals surface area contributed by atoms with E-state index in [2.05, 4.69) is 11.0 Å². The molecule has 1 aliphatic heterocycles. The van der Waals surface area contributed by atoms with E-state index < -0.39 is 5.60 Å². The SMILES string of the molecule is COc1cccc(Sc2cc(C#N)ccc2N2CCN(C(=O)OC(C)(C)C)CC2)c1. The van der Waals surface area contributed by atoms with Gasteiger partial charge in [-0.3, -0.25) is 0 Å². The van der Waals surface area contributed by atoms with Crippen molar-refractivity contribution in [1.82, 2.24) is 4.90 Å². The van der Waals surface area contributed by atoms with Gasteiger partial charge >= 0.3 is 6.09 Å². The molecule has 0 radical (unpaired) electrons. The molecular weight excluding hydrogens is 398 g/mol. The summed E-state index contributed by atoms with van der Waals surface area (Å²) in [7, 11) is 1.65. The number of nitriles is 1. The van der Waals surface area contributed by atoms with E-state index in [0.717, 1.165) is 21.2 Å². The highest BCUT2D eigenvalue weighted by Crippen LogP contribution is 2.37. The molecule has 0 aliphatic carbocycles. The normalized spacial score (nSPS) is 14.2. The van der Waals surface area contributed by atoms with Crippen molar-refractivity contribution < 1.29 is 14.3 Å². The van der Waals surface area contributed by atoms with E-state index in [1.807, 2.05) is 63.2 Å². The topological polar surface area (TPSA) is 65.8 Å². The van der Waals surface area contributed by atoms with E-state index in [0.29, 0.717) is 31.7 Å². The predicted molar refractivity (Wildman–Crippen MR) is 118 cm³/mol. The van der Waals surface area contributed by atoms with Crippen molar-refractivity contribution >= 4 is 23.5 Å². The van der Waals surface area contributed by atoms with Gasteiger partial charge in [0.25, 0.3) is 0 Å². The molecule has 6 nitrogen and oxygen atoms in total. The summed E-state index contributed by atoms with van der Waals surface area (Å²) in [4.78, 5) is 18.4. The average molecular weight is 426 g/mol. The van der Waals surface area contributed by atoms with E-state index in [4.69, 9.17) is 9.47 Å². The summed E-state index contributed by atoms with van der Waals surface area (Å²) in [5.74, 6) is 0.795. The Morgan fingerprint density at radius 1 is 1.10 bits per heavy atom. The van der Waals surface area contributed by atoms with E-state index in [-0.39, 0.29) is 6.09 Å². The number of anilines is 1. The molecule has 0 aromatic heterocycles. The number of hydrogen-bond acceptors (Lipinski definition) is 6. The lowest BCUT2D eigenvalue weighted by molar-refractivity contribution is 0.0240. The second kappa shape index (κ2) is 9.31. The van der Waals surface area contributed by atoms with Crippen LogP contribution in [-0.2, 0) is 4.74 Å². The van der Waals surface area contributed by atoms with Crippen molar-refractivity contribution in [2.75, 3.05) is 38.2 Å². The highest BCUT2D eigenvalue weighted by Gasteiger charge is 2.27. The van der Waals surface area contributed by atoms with Crippen LogP contribution in [0.3, 0.4) is 0 Å². The van der Waals surface area contributed by atoms with Gasteiger partial charge in [0.1, 0.15) is 11.4 Å². The Hall–Kier alpha value is -2.85. The molecule has 158 valence electrons. The van der Waals surface area contributed by atoms with Crippen LogP contribution in [0.2, 0.25) is 0 Å². The molecule has 3 rings (SSSR count). The van der Waals surface area contributed by atoms with Gasteiger partial charge in [-0.15, -0.1) is 0 Å². The molecule has 1 heterocycles. The Bertz CT molecular complexity index is 941. The van der Waals surface area contributed by atoms with E-state index in [9.17, 15) is 10.1 Å². The van der Waals surface area contributed by atoms with Crippen molar-refractivity contribution in [3.05, 3.63) is 48.0 Å². The van der Waals surface area contributed by atoms with Crippen LogP contribution in [0.25, 0.3) is 0 Å². The molecule has 1 fully saturated rings. The van der Waals surface area contributed by atoms with Crippen LogP contribution in [0.1, 0.15) is 26.3 Å². The summed E-state index contributed by atoms with van der Waals surface area (Å²) >= 11 is 1.60. The number of rotatable bonds is 4. The first-order valence-electron chi connectivity index (χ1n) is 9.88. The van der Waals surface area contributed by atoms with Gasteiger partial charge in [0.2, 0.25) is 0 Å². The van der Waals surface area contributed by atoms with Gasteiger partial charge < -0.3 is 19.3 Å². The van der Waals surface area contributed by atoms with Gasteiger partial charge in [-0.25, -0.2) is 4.79 Å². The van der Waals surface area contributed by atoms with Crippen LogP contribution in [0, 0.1) is 11.3 Å². The lowest BCUT2D eigenvalue weighted by Crippen LogP contribution is -2.50. The molecule has 0 unspecified atom stereocenters. The lowest BCUT2D eigenvalue weighted by atomic mass is 10.2. The lowest BCUT2D eigenvalue weighted by Gasteiger charge is -2.37. The summed E-state index contributed by atoms with van der Waals surface area (Å²) in [5, 5.41) is 9.35. The van der Waals surface area contributed by atoms with Crippen LogP contribution >= 0.6 is 11.8 Å². The third-order valence-electron chi connectivity index (χ3n) is 4.63. The molecule has 0 saturated carbocycles. The quantitative estimate of drug-likeness (QED) is 0.703. The average Bonchev–Trinajstić information content (AvgIpc) is 2.72. The molecular formula is C23H27N3O3S. The minimum absolute atomic E-state index is 0.270. The van der Waals surface area contributed by atoms with Crippen molar-refractivity contribution in [2.24, 2.45) is 0 Å². The van der Waals surface area contributed by atoms with Crippen LogP contribution in [0.15, 0.2) is 52.3 Å². The Labute approximate surface area is 182 Å². The molecule has 1 saturated heterocycles. The summed E-state index contributed by atoms with van der Waals surface area (Å²) in [6, 6.07) is 15.8. The number of amides is 1. The van der Waals surface area contributed by atoms with Gasteiger partial charge in [-0.05, 0) is 57.2 Å². The first-order valence-corrected chi connectivity index (χ1v) is 10.7. The molecule has 0 spiro atoms. The maximum atomic E-state index is 12.3. The molecule has 0 N–H and O–H groups in total. The highest BCUT2D eigenvalue weighted by atomic mass is 32.2. The van der Waals surface area contributed by atoms with Gasteiger partial charge in [-0.1, -0.05) is 17.8 Å². The standard InChI is InChI=1S/C23H27N3O3S/c1-23(2,3)29-22(27)26-12-10-25(11-13-26)20-9-8-17(16-24)14-21(20)30-19-7-5-6-18(15-19)28-4/h5-9,14-15H,10-13H2,1-4H3. The maximum Gasteiger partial charge on any atom is 0.410 e. The van der Waals surface area contributed by atoms with E-state index in [1.165, 1.54) is 0 Å². The molecule has 1 aliphatic rings. The minimum atomic E-state index is -0.498. The molecule has 30 heavy (non-hydrogen) atoms. The second-order valence-corrected chi connectivity index (χ2v) is 9.15.